The highest BCUT2D eigenvalue weighted by Gasteiger charge is 2.14. The quantitative estimate of drug-likeness (QED) is 0.747. The lowest BCUT2D eigenvalue weighted by Crippen LogP contribution is -2.22. The molecule has 2 aromatic heterocycles. The summed E-state index contributed by atoms with van der Waals surface area (Å²) in [4.78, 5) is 27.5. The van der Waals surface area contributed by atoms with Gasteiger partial charge < -0.3 is 10.4 Å². The summed E-state index contributed by atoms with van der Waals surface area (Å²) >= 11 is 1.35. The normalized spacial score (nSPS) is 10.4. The number of amides is 1. The number of H-pyrrole nitrogens is 1. The molecule has 20 heavy (non-hydrogen) atoms. The molecule has 2 aromatic rings. The summed E-state index contributed by atoms with van der Waals surface area (Å²) in [6, 6.07) is 0. The van der Waals surface area contributed by atoms with Crippen molar-refractivity contribution in [3.05, 3.63) is 33.5 Å². The first-order valence-electron chi connectivity index (χ1n) is 6.10. The van der Waals surface area contributed by atoms with E-state index in [2.05, 4.69) is 20.5 Å². The molecule has 106 valence electrons. The summed E-state index contributed by atoms with van der Waals surface area (Å²) in [6.45, 7) is 2.16. The zero-order valence-electron chi connectivity index (χ0n) is 10.8. The second-order valence-corrected chi connectivity index (χ2v) is 5.24. The van der Waals surface area contributed by atoms with Crippen molar-refractivity contribution in [1.29, 1.82) is 0 Å². The molecule has 0 saturated carbocycles. The second kappa shape index (κ2) is 6.29. The molecule has 0 unspecified atom stereocenters. The van der Waals surface area contributed by atoms with Crippen LogP contribution in [0.3, 0.4) is 0 Å². The minimum absolute atomic E-state index is 0.0127. The highest BCUT2D eigenvalue weighted by Crippen LogP contribution is 2.14. The van der Waals surface area contributed by atoms with E-state index in [1.807, 2.05) is 6.92 Å². The molecular formula is C12H14N4O3S. The first-order chi connectivity index (χ1) is 9.61. The lowest BCUT2D eigenvalue weighted by molar-refractivity contribution is 0.0688. The van der Waals surface area contributed by atoms with Crippen LogP contribution in [-0.4, -0.2) is 32.2 Å². The molecule has 0 spiro atoms. The lowest BCUT2D eigenvalue weighted by Gasteiger charge is -2.02. The van der Waals surface area contributed by atoms with E-state index < -0.39 is 5.97 Å². The Bertz CT molecular complexity index is 620. The Morgan fingerprint density at radius 1 is 1.45 bits per heavy atom. The molecule has 8 heteroatoms. The molecule has 2 heterocycles. The Hall–Kier alpha value is -2.22. The van der Waals surface area contributed by atoms with Crippen molar-refractivity contribution < 1.29 is 14.7 Å². The topological polar surface area (TPSA) is 108 Å². The smallest absolute Gasteiger partial charge is 0.354 e. The van der Waals surface area contributed by atoms with Gasteiger partial charge in [0.1, 0.15) is 10.6 Å². The number of hydrogen-bond donors (Lipinski definition) is 3. The van der Waals surface area contributed by atoms with Gasteiger partial charge in [0.05, 0.1) is 17.4 Å². The number of aromatic carboxylic acids is 1. The molecular weight excluding hydrogens is 280 g/mol. The van der Waals surface area contributed by atoms with Gasteiger partial charge in [-0.15, -0.1) is 11.3 Å². The fourth-order valence-electron chi connectivity index (χ4n) is 1.64. The van der Waals surface area contributed by atoms with Crippen LogP contribution in [-0.2, 0) is 13.0 Å². The van der Waals surface area contributed by atoms with E-state index in [1.165, 1.54) is 17.5 Å². The van der Waals surface area contributed by atoms with Crippen LogP contribution < -0.4 is 5.32 Å². The van der Waals surface area contributed by atoms with Crippen LogP contribution in [0.1, 0.15) is 44.1 Å². The van der Waals surface area contributed by atoms with Crippen molar-refractivity contribution >= 4 is 23.2 Å². The number of carbonyl (C=O) groups is 2. The van der Waals surface area contributed by atoms with Crippen LogP contribution in [0.4, 0.5) is 0 Å². The van der Waals surface area contributed by atoms with E-state index in [0.717, 1.165) is 17.8 Å². The number of carbonyl (C=O) groups excluding carboxylic acids is 1. The SMILES string of the molecule is CCCc1ncc(C(=O)NCc2cn[nH]c2C(=O)O)s1. The summed E-state index contributed by atoms with van der Waals surface area (Å²) < 4.78 is 0. The summed E-state index contributed by atoms with van der Waals surface area (Å²) in [6.07, 6.45) is 4.76. The number of aromatic amines is 1. The number of nitrogens with zero attached hydrogens (tertiary/aromatic N) is 2. The standard InChI is InChI=1S/C12H14N4O3S/c1-2-3-9-13-6-8(20-9)11(17)14-4-7-5-15-16-10(7)12(18)19/h5-6H,2-4H2,1H3,(H,14,17)(H,15,16)(H,18,19). The molecule has 2 rings (SSSR count). The van der Waals surface area contributed by atoms with Gasteiger partial charge in [0.25, 0.3) is 5.91 Å². The van der Waals surface area contributed by atoms with Crippen molar-refractivity contribution in [3.63, 3.8) is 0 Å². The Kier molecular flexibility index (Phi) is 4.46. The highest BCUT2D eigenvalue weighted by molar-refractivity contribution is 7.13. The van der Waals surface area contributed by atoms with Crippen molar-refractivity contribution in [1.82, 2.24) is 20.5 Å². The van der Waals surface area contributed by atoms with E-state index in [9.17, 15) is 9.59 Å². The van der Waals surface area contributed by atoms with Crippen LogP contribution in [0.15, 0.2) is 12.4 Å². The van der Waals surface area contributed by atoms with E-state index in [0.29, 0.717) is 10.4 Å². The van der Waals surface area contributed by atoms with Crippen molar-refractivity contribution in [3.8, 4) is 0 Å². The fraction of sp³-hybridized carbons (Fsp3) is 0.333. The van der Waals surface area contributed by atoms with E-state index in [4.69, 9.17) is 5.11 Å². The minimum Gasteiger partial charge on any atom is -0.477 e. The van der Waals surface area contributed by atoms with Gasteiger partial charge in [-0.25, -0.2) is 9.78 Å². The van der Waals surface area contributed by atoms with E-state index in [1.54, 1.807) is 6.20 Å². The number of carboxylic acid groups (broad SMARTS) is 1. The Morgan fingerprint density at radius 2 is 2.25 bits per heavy atom. The maximum Gasteiger partial charge on any atom is 0.354 e. The predicted molar refractivity (Wildman–Crippen MR) is 72.8 cm³/mol. The molecule has 3 N–H and O–H groups in total. The number of thiazole rings is 1. The maximum absolute atomic E-state index is 11.9. The third kappa shape index (κ3) is 3.21. The van der Waals surface area contributed by atoms with Gasteiger partial charge in [-0.1, -0.05) is 6.92 Å². The van der Waals surface area contributed by atoms with Crippen LogP contribution in [0.5, 0.6) is 0 Å². The Morgan fingerprint density at radius 3 is 2.95 bits per heavy atom. The number of carboxylic acids is 1. The average Bonchev–Trinajstić information content (AvgIpc) is 3.04. The summed E-state index contributed by atoms with van der Waals surface area (Å²) in [5.41, 5.74) is 0.422. The zero-order chi connectivity index (χ0) is 14.5. The highest BCUT2D eigenvalue weighted by atomic mass is 32.1. The molecule has 0 fully saturated rings. The number of hydrogen-bond acceptors (Lipinski definition) is 5. The van der Waals surface area contributed by atoms with Gasteiger partial charge >= 0.3 is 5.97 Å². The fourth-order valence-corrected chi connectivity index (χ4v) is 2.57. The first kappa shape index (κ1) is 14.2. The molecule has 0 radical (unpaired) electrons. The summed E-state index contributed by atoms with van der Waals surface area (Å²) in [7, 11) is 0. The first-order valence-corrected chi connectivity index (χ1v) is 6.92. The molecule has 0 aliphatic heterocycles. The van der Waals surface area contributed by atoms with Gasteiger partial charge in [0, 0.05) is 12.1 Å². The van der Waals surface area contributed by atoms with Crippen LogP contribution in [0.25, 0.3) is 0 Å². The zero-order valence-corrected chi connectivity index (χ0v) is 11.7. The Balaban J connectivity index is 1.97. The van der Waals surface area contributed by atoms with Gasteiger partial charge in [-0.05, 0) is 12.8 Å². The number of nitrogens with one attached hydrogen (secondary N) is 2. The van der Waals surface area contributed by atoms with Crippen molar-refractivity contribution in [2.75, 3.05) is 0 Å². The number of aryl methyl sites for hydroxylation is 1. The largest absolute Gasteiger partial charge is 0.477 e. The van der Waals surface area contributed by atoms with Gasteiger partial charge in [0.15, 0.2) is 0 Å². The lowest BCUT2D eigenvalue weighted by atomic mass is 10.2. The van der Waals surface area contributed by atoms with Crippen LogP contribution in [0, 0.1) is 0 Å². The molecule has 0 aromatic carbocycles. The third-order valence-electron chi connectivity index (χ3n) is 2.61. The molecule has 0 aliphatic rings. The van der Waals surface area contributed by atoms with Gasteiger partial charge in [-0.3, -0.25) is 9.89 Å². The summed E-state index contributed by atoms with van der Waals surface area (Å²) in [5.74, 6) is -1.36. The van der Waals surface area contributed by atoms with Crippen molar-refractivity contribution in [2.24, 2.45) is 0 Å². The molecule has 0 saturated heterocycles. The number of aromatic nitrogens is 3. The molecule has 0 atom stereocenters. The molecule has 1 amide bonds. The van der Waals surface area contributed by atoms with Gasteiger partial charge in [-0.2, -0.15) is 5.10 Å². The summed E-state index contributed by atoms with van der Waals surface area (Å²) in [5, 5.41) is 18.5. The Labute approximate surface area is 119 Å². The average molecular weight is 294 g/mol. The monoisotopic (exact) mass is 294 g/mol. The molecule has 0 bridgehead atoms. The predicted octanol–water partition coefficient (Wildman–Crippen LogP) is 1.45. The maximum atomic E-state index is 11.9. The van der Waals surface area contributed by atoms with E-state index in [-0.39, 0.29) is 18.1 Å². The molecule has 0 aliphatic carbocycles. The number of rotatable bonds is 6. The van der Waals surface area contributed by atoms with Crippen molar-refractivity contribution in [2.45, 2.75) is 26.3 Å². The van der Waals surface area contributed by atoms with Crippen LogP contribution >= 0.6 is 11.3 Å². The molecule has 7 nitrogen and oxygen atoms in total. The van der Waals surface area contributed by atoms with Gasteiger partial charge in [0.2, 0.25) is 0 Å². The second-order valence-electron chi connectivity index (χ2n) is 4.13. The minimum atomic E-state index is -1.10. The van der Waals surface area contributed by atoms with Crippen LogP contribution in [0.2, 0.25) is 0 Å². The third-order valence-corrected chi connectivity index (χ3v) is 3.67. The van der Waals surface area contributed by atoms with E-state index >= 15 is 0 Å².